The van der Waals surface area contributed by atoms with E-state index in [-0.39, 0.29) is 18.2 Å². The molecule has 35 heavy (non-hydrogen) atoms. The maximum absolute atomic E-state index is 13.0. The van der Waals surface area contributed by atoms with Crippen molar-refractivity contribution < 1.29 is 18.5 Å². The van der Waals surface area contributed by atoms with Gasteiger partial charge in [-0.2, -0.15) is 0 Å². The second-order valence-electron chi connectivity index (χ2n) is 7.98. The molecule has 4 rings (SSSR count). The molecule has 7 nitrogen and oxygen atoms in total. The Morgan fingerprint density at radius 1 is 0.914 bits per heavy atom. The minimum atomic E-state index is -1.34. The van der Waals surface area contributed by atoms with Crippen molar-refractivity contribution in [2.24, 2.45) is 0 Å². The van der Waals surface area contributed by atoms with Crippen LogP contribution in [0.4, 0.5) is 5.69 Å². The van der Waals surface area contributed by atoms with E-state index >= 15 is 0 Å². The number of carbonyl (C=O) groups is 2. The van der Waals surface area contributed by atoms with Gasteiger partial charge in [-0.15, -0.1) is 0 Å². The number of nitrogens with zero attached hydrogens (tertiary/aromatic N) is 2. The number of rotatable bonds is 8. The second kappa shape index (κ2) is 11.6. The quantitative estimate of drug-likeness (QED) is 0.485. The van der Waals surface area contributed by atoms with Crippen molar-refractivity contribution in [3.05, 3.63) is 97.1 Å². The van der Waals surface area contributed by atoms with Crippen molar-refractivity contribution in [1.82, 2.24) is 9.21 Å². The van der Waals surface area contributed by atoms with E-state index in [4.69, 9.17) is 4.74 Å². The molecule has 0 spiro atoms. The summed E-state index contributed by atoms with van der Waals surface area (Å²) in [5, 5.41) is 2.67. The highest BCUT2D eigenvalue weighted by atomic mass is 32.2. The van der Waals surface area contributed by atoms with Crippen LogP contribution in [0, 0.1) is 0 Å². The Morgan fingerprint density at radius 3 is 2.26 bits per heavy atom. The van der Waals surface area contributed by atoms with Crippen LogP contribution in [0.15, 0.2) is 96.4 Å². The average Bonchev–Trinajstić information content (AvgIpc) is 2.90. The Hall–Kier alpha value is -3.75. The highest BCUT2D eigenvalue weighted by Crippen LogP contribution is 2.26. The van der Waals surface area contributed by atoms with Crippen molar-refractivity contribution in [2.75, 3.05) is 31.5 Å². The van der Waals surface area contributed by atoms with E-state index in [0.29, 0.717) is 42.5 Å². The fraction of sp³-hybridized carbons (Fsp3) is 0.185. The van der Waals surface area contributed by atoms with Gasteiger partial charge in [0.2, 0.25) is 11.8 Å². The Morgan fingerprint density at radius 2 is 1.57 bits per heavy atom. The number of nitrogens with one attached hydrogen (secondary N) is 1. The first kappa shape index (κ1) is 24.4. The van der Waals surface area contributed by atoms with Gasteiger partial charge in [0.25, 0.3) is 0 Å². The van der Waals surface area contributed by atoms with E-state index in [1.807, 2.05) is 58.9 Å². The minimum absolute atomic E-state index is 0.0156. The van der Waals surface area contributed by atoms with Gasteiger partial charge in [-0.1, -0.05) is 43.0 Å². The van der Waals surface area contributed by atoms with Gasteiger partial charge in [0.05, 0.1) is 11.3 Å². The van der Waals surface area contributed by atoms with Gasteiger partial charge in [-0.3, -0.25) is 9.59 Å². The predicted molar refractivity (Wildman–Crippen MR) is 136 cm³/mol. The first-order chi connectivity index (χ1) is 17.0. The van der Waals surface area contributed by atoms with E-state index in [1.54, 1.807) is 29.2 Å². The fourth-order valence-electron chi connectivity index (χ4n) is 3.74. The zero-order valence-electron chi connectivity index (χ0n) is 19.3. The summed E-state index contributed by atoms with van der Waals surface area (Å²) in [4.78, 5) is 26.9. The van der Waals surface area contributed by atoms with E-state index in [2.05, 4.69) is 11.9 Å². The van der Waals surface area contributed by atoms with E-state index in [1.165, 1.54) is 6.08 Å². The van der Waals surface area contributed by atoms with E-state index < -0.39 is 11.0 Å². The summed E-state index contributed by atoms with van der Waals surface area (Å²) in [6.45, 7) is 5.44. The highest BCUT2D eigenvalue weighted by molar-refractivity contribution is 7.82. The first-order valence-electron chi connectivity index (χ1n) is 11.3. The van der Waals surface area contributed by atoms with Crippen LogP contribution in [0.25, 0.3) is 0 Å². The molecule has 1 fully saturated rings. The zero-order chi connectivity index (χ0) is 24.6. The van der Waals surface area contributed by atoms with Crippen LogP contribution in [-0.4, -0.2) is 51.4 Å². The fourth-order valence-corrected chi connectivity index (χ4v) is 4.90. The summed E-state index contributed by atoms with van der Waals surface area (Å²) in [5.41, 5.74) is 1.44. The van der Waals surface area contributed by atoms with Crippen molar-refractivity contribution in [3.63, 3.8) is 0 Å². The Balaban J connectivity index is 1.32. The molecule has 3 aromatic rings. The molecule has 1 aliphatic rings. The number of hydrogen-bond donors (Lipinski definition) is 1. The number of para-hydroxylation sites is 2. The molecule has 1 heterocycles. The number of piperazine rings is 1. The van der Waals surface area contributed by atoms with Crippen molar-refractivity contribution >= 4 is 28.5 Å². The van der Waals surface area contributed by atoms with Gasteiger partial charge in [-0.05, 0) is 48.5 Å². The van der Waals surface area contributed by atoms with Gasteiger partial charge >= 0.3 is 0 Å². The molecule has 180 valence electrons. The van der Waals surface area contributed by atoms with Crippen molar-refractivity contribution in [2.45, 2.75) is 11.3 Å². The van der Waals surface area contributed by atoms with Crippen LogP contribution < -0.4 is 10.1 Å². The first-order valence-corrected chi connectivity index (χ1v) is 12.4. The standard InChI is InChI=1S/C27H27N3O4S/c1-2-26(31)28-22-12-14-24(15-13-22)35(33)30-18-16-29(17-19-30)27(32)20-21-8-6-7-11-25(21)34-23-9-4-3-5-10-23/h2-15H,1,16-20H2,(H,28,31). The molecule has 1 N–H and O–H groups in total. The van der Waals surface area contributed by atoms with Gasteiger partial charge in [-0.25, -0.2) is 8.51 Å². The Bertz CT molecular complexity index is 1210. The maximum atomic E-state index is 13.0. The highest BCUT2D eigenvalue weighted by Gasteiger charge is 2.25. The maximum Gasteiger partial charge on any atom is 0.247 e. The third-order valence-electron chi connectivity index (χ3n) is 5.62. The largest absolute Gasteiger partial charge is 0.457 e. The predicted octanol–water partition coefficient (Wildman–Crippen LogP) is 4.01. The SMILES string of the molecule is C=CC(=O)Nc1ccc(S(=O)N2CCN(C(=O)Cc3ccccc3Oc3ccccc3)CC2)cc1. The van der Waals surface area contributed by atoms with Crippen LogP contribution in [0.2, 0.25) is 0 Å². The number of anilines is 1. The van der Waals surface area contributed by atoms with Crippen LogP contribution in [-0.2, 0) is 27.0 Å². The molecule has 0 bridgehead atoms. The number of carbonyl (C=O) groups excluding carboxylic acids is 2. The van der Waals surface area contributed by atoms with Gasteiger partial charge in [0.15, 0.2) is 0 Å². The summed E-state index contributed by atoms with van der Waals surface area (Å²) < 4.78 is 20.8. The third-order valence-corrected chi connectivity index (χ3v) is 7.13. The lowest BCUT2D eigenvalue weighted by Gasteiger charge is -2.34. The molecule has 0 radical (unpaired) electrons. The molecule has 1 saturated heterocycles. The Labute approximate surface area is 207 Å². The average molecular weight is 490 g/mol. The molecule has 0 aliphatic carbocycles. The summed E-state index contributed by atoms with van der Waals surface area (Å²) >= 11 is 0. The molecule has 0 aromatic heterocycles. The van der Waals surface area contributed by atoms with Crippen LogP contribution in [0.5, 0.6) is 11.5 Å². The molecular weight excluding hydrogens is 462 g/mol. The monoisotopic (exact) mass is 489 g/mol. The molecule has 0 saturated carbocycles. The molecule has 1 unspecified atom stereocenters. The lowest BCUT2D eigenvalue weighted by atomic mass is 10.1. The molecule has 1 atom stereocenters. The van der Waals surface area contributed by atoms with E-state index in [0.717, 1.165) is 11.3 Å². The summed E-state index contributed by atoms with van der Waals surface area (Å²) in [6, 6.07) is 23.9. The number of hydrogen-bond acceptors (Lipinski definition) is 4. The van der Waals surface area contributed by atoms with Crippen LogP contribution in [0.3, 0.4) is 0 Å². The molecule has 3 aromatic carbocycles. The second-order valence-corrected chi connectivity index (χ2v) is 9.46. The molecule has 8 heteroatoms. The molecule has 1 aliphatic heterocycles. The van der Waals surface area contributed by atoms with Crippen LogP contribution >= 0.6 is 0 Å². The summed E-state index contributed by atoms with van der Waals surface area (Å²) in [7, 11) is -1.34. The van der Waals surface area contributed by atoms with E-state index in [9.17, 15) is 13.8 Å². The van der Waals surface area contributed by atoms with Gasteiger partial charge in [0, 0.05) is 37.4 Å². The third kappa shape index (κ3) is 6.44. The topological polar surface area (TPSA) is 79.0 Å². The lowest BCUT2D eigenvalue weighted by molar-refractivity contribution is -0.131. The van der Waals surface area contributed by atoms with Crippen LogP contribution in [0.1, 0.15) is 5.56 Å². The normalized spacial score (nSPS) is 14.7. The summed E-state index contributed by atoms with van der Waals surface area (Å²) in [6.07, 6.45) is 1.44. The summed E-state index contributed by atoms with van der Waals surface area (Å²) in [5.74, 6) is 1.11. The zero-order valence-corrected chi connectivity index (χ0v) is 20.1. The molecule has 2 amide bonds. The molecular formula is C27H27N3O4S. The minimum Gasteiger partial charge on any atom is -0.457 e. The number of amides is 2. The van der Waals surface area contributed by atoms with Crippen molar-refractivity contribution in [3.8, 4) is 11.5 Å². The number of ether oxygens (including phenoxy) is 1. The van der Waals surface area contributed by atoms with Crippen molar-refractivity contribution in [1.29, 1.82) is 0 Å². The van der Waals surface area contributed by atoms with Gasteiger partial charge in [0.1, 0.15) is 22.5 Å². The number of benzene rings is 3. The Kier molecular flexibility index (Phi) is 8.07. The lowest BCUT2D eigenvalue weighted by Crippen LogP contribution is -2.49. The van der Waals surface area contributed by atoms with Gasteiger partial charge < -0.3 is 15.0 Å². The smallest absolute Gasteiger partial charge is 0.247 e.